The summed E-state index contributed by atoms with van der Waals surface area (Å²) in [5.74, 6) is 0.0278. The average molecular weight is 225 g/mol. The molecule has 0 amide bonds. The normalized spacial score (nSPS) is 11.2. The van der Waals surface area contributed by atoms with Crippen molar-refractivity contribution in [3.63, 3.8) is 0 Å². The first-order valence-electron chi connectivity index (χ1n) is 5.67. The Balaban J connectivity index is 2.67. The van der Waals surface area contributed by atoms with Crippen LogP contribution < -0.4 is 10.1 Å². The molecule has 2 nitrogen and oxygen atoms in total. The lowest BCUT2D eigenvalue weighted by Gasteiger charge is -2.12. The molecule has 0 saturated heterocycles. The van der Waals surface area contributed by atoms with E-state index in [0.29, 0.717) is 18.3 Å². The standard InChI is InChI=1S/C13H20FNO/c1-9(2)15-8-11-5-6-13(12(14)7-11)16-10(3)4/h5-7,9-10,15H,8H2,1-4H3. The third-order valence-corrected chi connectivity index (χ3v) is 2.07. The molecule has 0 bridgehead atoms. The number of halogens is 1. The number of hydrogen-bond donors (Lipinski definition) is 1. The van der Waals surface area contributed by atoms with Crippen LogP contribution in [0.5, 0.6) is 5.75 Å². The van der Waals surface area contributed by atoms with Crippen LogP contribution in [0, 0.1) is 5.82 Å². The van der Waals surface area contributed by atoms with Crippen molar-refractivity contribution in [2.24, 2.45) is 0 Å². The monoisotopic (exact) mass is 225 g/mol. The Morgan fingerprint density at radius 3 is 2.44 bits per heavy atom. The molecule has 0 unspecified atom stereocenters. The third-order valence-electron chi connectivity index (χ3n) is 2.07. The Morgan fingerprint density at radius 1 is 1.25 bits per heavy atom. The molecular weight excluding hydrogens is 205 g/mol. The number of hydrogen-bond acceptors (Lipinski definition) is 2. The second kappa shape index (κ2) is 5.85. The van der Waals surface area contributed by atoms with Gasteiger partial charge in [-0.15, -0.1) is 0 Å². The summed E-state index contributed by atoms with van der Waals surface area (Å²) in [7, 11) is 0. The number of ether oxygens (including phenoxy) is 1. The maximum Gasteiger partial charge on any atom is 0.165 e. The highest BCUT2D eigenvalue weighted by Crippen LogP contribution is 2.19. The molecule has 0 aliphatic heterocycles. The molecule has 0 radical (unpaired) electrons. The smallest absolute Gasteiger partial charge is 0.165 e. The highest BCUT2D eigenvalue weighted by atomic mass is 19.1. The number of nitrogens with one attached hydrogen (secondary N) is 1. The summed E-state index contributed by atoms with van der Waals surface area (Å²) in [5, 5.41) is 3.24. The van der Waals surface area contributed by atoms with Gasteiger partial charge in [-0.05, 0) is 31.5 Å². The second-order valence-electron chi connectivity index (χ2n) is 4.47. The minimum Gasteiger partial charge on any atom is -0.488 e. The zero-order valence-electron chi connectivity index (χ0n) is 10.4. The van der Waals surface area contributed by atoms with Gasteiger partial charge in [-0.3, -0.25) is 0 Å². The predicted octanol–water partition coefficient (Wildman–Crippen LogP) is 3.11. The molecule has 3 heteroatoms. The molecule has 0 aliphatic rings. The van der Waals surface area contributed by atoms with Crippen LogP contribution in [0.25, 0.3) is 0 Å². The Hall–Kier alpha value is -1.09. The van der Waals surface area contributed by atoms with Gasteiger partial charge < -0.3 is 10.1 Å². The molecule has 1 N–H and O–H groups in total. The van der Waals surface area contributed by atoms with E-state index in [0.717, 1.165) is 5.56 Å². The number of benzene rings is 1. The molecule has 0 atom stereocenters. The van der Waals surface area contributed by atoms with E-state index in [9.17, 15) is 4.39 Å². The third kappa shape index (κ3) is 4.19. The van der Waals surface area contributed by atoms with Crippen molar-refractivity contribution in [2.75, 3.05) is 0 Å². The van der Waals surface area contributed by atoms with E-state index in [1.807, 2.05) is 19.9 Å². The Bertz CT molecular complexity index is 337. The van der Waals surface area contributed by atoms with Crippen molar-refractivity contribution < 1.29 is 9.13 Å². The topological polar surface area (TPSA) is 21.3 Å². The van der Waals surface area contributed by atoms with Gasteiger partial charge in [0.15, 0.2) is 11.6 Å². The van der Waals surface area contributed by atoms with Crippen molar-refractivity contribution in [2.45, 2.75) is 46.4 Å². The average Bonchev–Trinajstić information content (AvgIpc) is 2.18. The maximum atomic E-state index is 13.6. The van der Waals surface area contributed by atoms with Crippen molar-refractivity contribution >= 4 is 0 Å². The summed E-state index contributed by atoms with van der Waals surface area (Å²) in [6.07, 6.45) is -0.00543. The minimum atomic E-state index is -0.295. The second-order valence-corrected chi connectivity index (χ2v) is 4.47. The van der Waals surface area contributed by atoms with E-state index in [2.05, 4.69) is 19.2 Å². The van der Waals surface area contributed by atoms with Gasteiger partial charge in [-0.25, -0.2) is 4.39 Å². The zero-order chi connectivity index (χ0) is 12.1. The zero-order valence-corrected chi connectivity index (χ0v) is 10.4. The molecule has 0 fully saturated rings. The summed E-state index contributed by atoms with van der Waals surface area (Å²) in [6.45, 7) is 8.57. The van der Waals surface area contributed by atoms with Gasteiger partial charge in [-0.2, -0.15) is 0 Å². The van der Waals surface area contributed by atoms with Gasteiger partial charge in [0.2, 0.25) is 0 Å². The van der Waals surface area contributed by atoms with Crippen LogP contribution in [-0.4, -0.2) is 12.1 Å². The number of rotatable bonds is 5. The predicted molar refractivity (Wildman–Crippen MR) is 64.1 cm³/mol. The van der Waals surface area contributed by atoms with Crippen LogP contribution in [0.4, 0.5) is 4.39 Å². The lowest BCUT2D eigenvalue weighted by Crippen LogP contribution is -2.21. The molecule has 16 heavy (non-hydrogen) atoms. The molecule has 1 aromatic carbocycles. The van der Waals surface area contributed by atoms with Crippen molar-refractivity contribution in [3.05, 3.63) is 29.6 Å². The van der Waals surface area contributed by atoms with E-state index < -0.39 is 0 Å². The maximum absolute atomic E-state index is 13.6. The summed E-state index contributed by atoms with van der Waals surface area (Å²) in [4.78, 5) is 0. The van der Waals surface area contributed by atoms with Gasteiger partial charge in [-0.1, -0.05) is 19.9 Å². The van der Waals surface area contributed by atoms with Gasteiger partial charge >= 0.3 is 0 Å². The highest BCUT2D eigenvalue weighted by molar-refractivity contribution is 5.29. The summed E-state index contributed by atoms with van der Waals surface area (Å²) in [5.41, 5.74) is 0.933. The van der Waals surface area contributed by atoms with Crippen LogP contribution in [0.2, 0.25) is 0 Å². The largest absolute Gasteiger partial charge is 0.488 e. The van der Waals surface area contributed by atoms with Crippen molar-refractivity contribution in [3.8, 4) is 5.75 Å². The van der Waals surface area contributed by atoms with Crippen LogP contribution in [-0.2, 0) is 6.54 Å². The fourth-order valence-electron chi connectivity index (χ4n) is 1.33. The van der Waals surface area contributed by atoms with Gasteiger partial charge in [0.25, 0.3) is 0 Å². The first-order chi connectivity index (χ1) is 7.49. The fraction of sp³-hybridized carbons (Fsp3) is 0.538. The molecule has 0 heterocycles. The minimum absolute atomic E-state index is 0.00543. The molecule has 1 rings (SSSR count). The molecule has 0 aromatic heterocycles. The fourth-order valence-corrected chi connectivity index (χ4v) is 1.33. The van der Waals surface area contributed by atoms with Crippen LogP contribution in [0.3, 0.4) is 0 Å². The van der Waals surface area contributed by atoms with Crippen LogP contribution in [0.15, 0.2) is 18.2 Å². The lowest BCUT2D eigenvalue weighted by atomic mass is 10.2. The Labute approximate surface area is 96.8 Å². The van der Waals surface area contributed by atoms with Gasteiger partial charge in [0.1, 0.15) is 0 Å². The quantitative estimate of drug-likeness (QED) is 0.831. The molecule has 0 aliphatic carbocycles. The Kier molecular flexibility index (Phi) is 4.74. The molecule has 90 valence electrons. The molecule has 0 spiro atoms. The highest BCUT2D eigenvalue weighted by Gasteiger charge is 2.06. The Morgan fingerprint density at radius 2 is 1.94 bits per heavy atom. The van der Waals surface area contributed by atoms with Crippen LogP contribution >= 0.6 is 0 Å². The van der Waals surface area contributed by atoms with Gasteiger partial charge in [0, 0.05) is 12.6 Å². The van der Waals surface area contributed by atoms with Gasteiger partial charge in [0.05, 0.1) is 6.10 Å². The van der Waals surface area contributed by atoms with E-state index in [1.54, 1.807) is 6.07 Å². The van der Waals surface area contributed by atoms with Crippen LogP contribution in [0.1, 0.15) is 33.3 Å². The van der Waals surface area contributed by atoms with E-state index >= 15 is 0 Å². The first-order valence-corrected chi connectivity index (χ1v) is 5.67. The molecule has 0 saturated carbocycles. The SMILES string of the molecule is CC(C)NCc1ccc(OC(C)C)c(F)c1. The summed E-state index contributed by atoms with van der Waals surface area (Å²) < 4.78 is 18.9. The first kappa shape index (κ1) is 13.0. The van der Waals surface area contributed by atoms with E-state index in [4.69, 9.17) is 4.74 Å². The summed E-state index contributed by atoms with van der Waals surface area (Å²) in [6, 6.07) is 5.49. The van der Waals surface area contributed by atoms with E-state index in [-0.39, 0.29) is 11.9 Å². The van der Waals surface area contributed by atoms with E-state index in [1.165, 1.54) is 6.07 Å². The molecular formula is C13H20FNO. The molecule has 1 aromatic rings. The lowest BCUT2D eigenvalue weighted by molar-refractivity contribution is 0.231. The summed E-state index contributed by atoms with van der Waals surface area (Å²) >= 11 is 0. The van der Waals surface area contributed by atoms with Crippen molar-refractivity contribution in [1.82, 2.24) is 5.32 Å². The van der Waals surface area contributed by atoms with Crippen molar-refractivity contribution in [1.29, 1.82) is 0 Å².